The van der Waals surface area contributed by atoms with E-state index in [0.717, 1.165) is 27.1 Å². The molecule has 0 atom stereocenters. The SMILES string of the molecule is Cc1cc(N)cc(Nc2cccc(C)c2Br)c1. The van der Waals surface area contributed by atoms with Gasteiger partial charge in [0.05, 0.1) is 5.69 Å². The van der Waals surface area contributed by atoms with Crippen LogP contribution in [-0.2, 0) is 0 Å². The molecular weight excluding hydrogens is 276 g/mol. The molecule has 3 heteroatoms. The summed E-state index contributed by atoms with van der Waals surface area (Å²) in [5.41, 5.74) is 11.0. The Morgan fingerprint density at radius 1 is 1.12 bits per heavy atom. The van der Waals surface area contributed by atoms with Crippen molar-refractivity contribution in [2.75, 3.05) is 11.1 Å². The third kappa shape index (κ3) is 2.80. The van der Waals surface area contributed by atoms with Crippen LogP contribution in [-0.4, -0.2) is 0 Å². The Morgan fingerprint density at radius 3 is 2.59 bits per heavy atom. The van der Waals surface area contributed by atoms with Gasteiger partial charge in [0, 0.05) is 15.8 Å². The summed E-state index contributed by atoms with van der Waals surface area (Å²) >= 11 is 3.58. The van der Waals surface area contributed by atoms with E-state index in [0.29, 0.717) is 0 Å². The van der Waals surface area contributed by atoms with Crippen LogP contribution < -0.4 is 11.1 Å². The smallest absolute Gasteiger partial charge is 0.0531 e. The molecule has 0 aromatic heterocycles. The zero-order chi connectivity index (χ0) is 12.4. The minimum absolute atomic E-state index is 0.774. The summed E-state index contributed by atoms with van der Waals surface area (Å²) in [5, 5.41) is 3.37. The first-order valence-corrected chi connectivity index (χ1v) is 6.25. The average molecular weight is 291 g/mol. The first kappa shape index (κ1) is 12.0. The second-order valence-corrected chi connectivity index (χ2v) is 4.99. The standard InChI is InChI=1S/C14H15BrN2/c1-9-6-11(16)8-12(7-9)17-13-5-3-4-10(2)14(13)15/h3-8,17H,16H2,1-2H3. The van der Waals surface area contributed by atoms with Crippen LogP contribution in [0.5, 0.6) is 0 Å². The van der Waals surface area contributed by atoms with Crippen molar-refractivity contribution >= 4 is 33.0 Å². The molecule has 0 heterocycles. The maximum absolute atomic E-state index is 5.83. The molecule has 0 bridgehead atoms. The topological polar surface area (TPSA) is 38.0 Å². The molecule has 88 valence electrons. The van der Waals surface area contributed by atoms with Crippen LogP contribution in [0, 0.1) is 13.8 Å². The van der Waals surface area contributed by atoms with E-state index < -0.39 is 0 Å². The molecule has 17 heavy (non-hydrogen) atoms. The first-order chi connectivity index (χ1) is 8.06. The highest BCUT2D eigenvalue weighted by Gasteiger charge is 2.03. The number of nitrogens with two attached hydrogens (primary N) is 1. The van der Waals surface area contributed by atoms with E-state index in [4.69, 9.17) is 5.73 Å². The van der Waals surface area contributed by atoms with Gasteiger partial charge in [0.15, 0.2) is 0 Å². The van der Waals surface area contributed by atoms with Crippen molar-refractivity contribution in [3.8, 4) is 0 Å². The summed E-state index contributed by atoms with van der Waals surface area (Å²) in [7, 11) is 0. The molecule has 2 nitrogen and oxygen atoms in total. The molecule has 2 rings (SSSR count). The third-order valence-electron chi connectivity index (χ3n) is 2.57. The number of anilines is 3. The van der Waals surface area contributed by atoms with Crippen molar-refractivity contribution in [2.24, 2.45) is 0 Å². The van der Waals surface area contributed by atoms with Crippen LogP contribution in [0.1, 0.15) is 11.1 Å². The molecule has 0 saturated heterocycles. The van der Waals surface area contributed by atoms with Gasteiger partial charge in [-0.15, -0.1) is 0 Å². The van der Waals surface area contributed by atoms with Gasteiger partial charge < -0.3 is 11.1 Å². The summed E-state index contributed by atoms with van der Waals surface area (Å²) in [6.07, 6.45) is 0. The lowest BCUT2D eigenvalue weighted by atomic mass is 10.1. The van der Waals surface area contributed by atoms with Crippen LogP contribution in [0.4, 0.5) is 17.1 Å². The number of nitrogens with one attached hydrogen (secondary N) is 1. The van der Waals surface area contributed by atoms with Gasteiger partial charge in [-0.25, -0.2) is 0 Å². The number of halogens is 1. The van der Waals surface area contributed by atoms with Gasteiger partial charge in [-0.3, -0.25) is 0 Å². The second-order valence-electron chi connectivity index (χ2n) is 4.19. The predicted molar refractivity (Wildman–Crippen MR) is 77.8 cm³/mol. The molecule has 3 N–H and O–H groups in total. The Hall–Kier alpha value is -1.48. The first-order valence-electron chi connectivity index (χ1n) is 5.45. The minimum Gasteiger partial charge on any atom is -0.399 e. The average Bonchev–Trinajstić information content (AvgIpc) is 2.23. The van der Waals surface area contributed by atoms with Gasteiger partial charge >= 0.3 is 0 Å². The van der Waals surface area contributed by atoms with E-state index in [9.17, 15) is 0 Å². The molecule has 0 fully saturated rings. The second kappa shape index (κ2) is 4.80. The Morgan fingerprint density at radius 2 is 1.88 bits per heavy atom. The highest BCUT2D eigenvalue weighted by Crippen LogP contribution is 2.29. The van der Waals surface area contributed by atoms with E-state index in [1.54, 1.807) is 0 Å². The van der Waals surface area contributed by atoms with Gasteiger partial charge in [-0.1, -0.05) is 12.1 Å². The van der Waals surface area contributed by atoms with Crippen molar-refractivity contribution in [1.82, 2.24) is 0 Å². The van der Waals surface area contributed by atoms with Crippen LogP contribution in [0.3, 0.4) is 0 Å². The number of nitrogen functional groups attached to an aromatic ring is 1. The molecule has 0 spiro atoms. The van der Waals surface area contributed by atoms with Crippen molar-refractivity contribution in [1.29, 1.82) is 0 Å². The zero-order valence-corrected chi connectivity index (χ0v) is 11.5. The van der Waals surface area contributed by atoms with Gasteiger partial charge in [0.25, 0.3) is 0 Å². The molecule has 0 amide bonds. The molecule has 0 radical (unpaired) electrons. The molecule has 2 aromatic carbocycles. The number of benzene rings is 2. The van der Waals surface area contributed by atoms with Gasteiger partial charge in [-0.05, 0) is 65.2 Å². The normalized spacial score (nSPS) is 10.3. The zero-order valence-electron chi connectivity index (χ0n) is 9.92. The summed E-state index contributed by atoms with van der Waals surface area (Å²) in [6, 6.07) is 12.1. The van der Waals surface area contributed by atoms with E-state index >= 15 is 0 Å². The lowest BCUT2D eigenvalue weighted by Gasteiger charge is -2.11. The molecule has 0 aliphatic heterocycles. The van der Waals surface area contributed by atoms with Gasteiger partial charge in [0.1, 0.15) is 0 Å². The molecule has 0 aliphatic rings. The highest BCUT2D eigenvalue weighted by atomic mass is 79.9. The largest absolute Gasteiger partial charge is 0.399 e. The highest BCUT2D eigenvalue weighted by molar-refractivity contribution is 9.10. The van der Waals surface area contributed by atoms with E-state index in [-0.39, 0.29) is 0 Å². The summed E-state index contributed by atoms with van der Waals surface area (Å²) in [4.78, 5) is 0. The van der Waals surface area contributed by atoms with Crippen molar-refractivity contribution < 1.29 is 0 Å². The number of hydrogen-bond acceptors (Lipinski definition) is 2. The summed E-state index contributed by atoms with van der Waals surface area (Å²) in [6.45, 7) is 4.10. The summed E-state index contributed by atoms with van der Waals surface area (Å²) in [5.74, 6) is 0. The molecule has 0 aliphatic carbocycles. The van der Waals surface area contributed by atoms with E-state index in [1.165, 1.54) is 5.56 Å². The van der Waals surface area contributed by atoms with Crippen molar-refractivity contribution in [3.63, 3.8) is 0 Å². The Balaban J connectivity index is 2.34. The lowest BCUT2D eigenvalue weighted by Crippen LogP contribution is -1.95. The van der Waals surface area contributed by atoms with Crippen LogP contribution >= 0.6 is 15.9 Å². The fourth-order valence-corrected chi connectivity index (χ4v) is 2.15. The summed E-state index contributed by atoms with van der Waals surface area (Å²) < 4.78 is 1.08. The fraction of sp³-hybridized carbons (Fsp3) is 0.143. The van der Waals surface area contributed by atoms with Crippen molar-refractivity contribution in [2.45, 2.75) is 13.8 Å². The predicted octanol–water partition coefficient (Wildman–Crippen LogP) is 4.39. The number of rotatable bonds is 2. The Bertz CT molecular complexity index is 530. The van der Waals surface area contributed by atoms with Crippen LogP contribution in [0.15, 0.2) is 40.9 Å². The molecule has 0 saturated carbocycles. The molecule has 0 unspecified atom stereocenters. The maximum Gasteiger partial charge on any atom is 0.0531 e. The van der Waals surface area contributed by atoms with Crippen LogP contribution in [0.2, 0.25) is 0 Å². The Kier molecular flexibility index (Phi) is 3.38. The fourth-order valence-electron chi connectivity index (χ4n) is 1.78. The molecule has 2 aromatic rings. The monoisotopic (exact) mass is 290 g/mol. The lowest BCUT2D eigenvalue weighted by molar-refractivity contribution is 1.40. The van der Waals surface area contributed by atoms with Gasteiger partial charge in [0.2, 0.25) is 0 Å². The maximum atomic E-state index is 5.83. The third-order valence-corrected chi connectivity index (χ3v) is 3.62. The number of hydrogen-bond donors (Lipinski definition) is 2. The quantitative estimate of drug-likeness (QED) is 0.805. The molecular formula is C14H15BrN2. The van der Waals surface area contributed by atoms with Crippen molar-refractivity contribution in [3.05, 3.63) is 52.0 Å². The number of aryl methyl sites for hydroxylation is 2. The van der Waals surface area contributed by atoms with E-state index in [1.807, 2.05) is 31.2 Å². The van der Waals surface area contributed by atoms with Crippen LogP contribution in [0.25, 0.3) is 0 Å². The minimum atomic E-state index is 0.774. The Labute approximate surface area is 110 Å². The van der Waals surface area contributed by atoms with E-state index in [2.05, 4.69) is 40.3 Å². The van der Waals surface area contributed by atoms with Gasteiger partial charge in [-0.2, -0.15) is 0 Å².